The maximum absolute atomic E-state index is 12.7. The molecule has 1 aromatic carbocycles. The maximum Gasteiger partial charge on any atom is 0.235 e. The van der Waals surface area contributed by atoms with Crippen molar-refractivity contribution < 1.29 is 17.6 Å². The molecular weight excluding hydrogens is 295 g/mol. The largest absolute Gasteiger partial charge is 0.355 e. The lowest BCUT2D eigenvalue weighted by molar-refractivity contribution is -0.121. The topological polar surface area (TPSA) is 66.5 Å². The van der Waals surface area contributed by atoms with Crippen molar-refractivity contribution in [2.75, 3.05) is 25.9 Å². The first-order valence-electron chi connectivity index (χ1n) is 6.79. The number of sulfonamides is 1. The van der Waals surface area contributed by atoms with E-state index in [1.165, 1.54) is 12.1 Å². The Hall–Kier alpha value is -1.47. The van der Waals surface area contributed by atoms with Gasteiger partial charge in [-0.2, -0.15) is 4.31 Å². The number of nitrogens with zero attached hydrogens (tertiary/aromatic N) is 1. The summed E-state index contributed by atoms with van der Waals surface area (Å²) in [6.07, 6.45) is 2.31. The average Bonchev–Trinajstić information content (AvgIpc) is 2.39. The normalized spacial score (nSPS) is 11.6. The van der Waals surface area contributed by atoms with Crippen LogP contribution >= 0.6 is 0 Å². The van der Waals surface area contributed by atoms with Gasteiger partial charge in [0.25, 0.3) is 0 Å². The second kappa shape index (κ2) is 8.09. The van der Waals surface area contributed by atoms with Crippen LogP contribution in [0.15, 0.2) is 24.3 Å². The molecule has 0 radical (unpaired) electrons. The minimum Gasteiger partial charge on any atom is -0.355 e. The van der Waals surface area contributed by atoms with Gasteiger partial charge in [0.15, 0.2) is 0 Å². The molecule has 118 valence electrons. The van der Waals surface area contributed by atoms with Crippen molar-refractivity contribution >= 4 is 15.9 Å². The minimum absolute atomic E-state index is 0.171. The molecule has 0 saturated heterocycles. The van der Waals surface area contributed by atoms with Gasteiger partial charge in [-0.15, -0.1) is 0 Å². The molecule has 0 heterocycles. The Labute approximate surface area is 125 Å². The van der Waals surface area contributed by atoms with Crippen molar-refractivity contribution in [1.29, 1.82) is 0 Å². The number of benzene rings is 1. The van der Waals surface area contributed by atoms with Crippen LogP contribution in [-0.2, 0) is 21.2 Å². The van der Waals surface area contributed by atoms with E-state index in [-0.39, 0.29) is 18.3 Å². The zero-order chi connectivity index (χ0) is 15.9. The first-order valence-corrected chi connectivity index (χ1v) is 8.64. The highest BCUT2D eigenvalue weighted by atomic mass is 32.2. The first kappa shape index (κ1) is 17.6. The number of hydrogen-bond acceptors (Lipinski definition) is 3. The fourth-order valence-corrected chi connectivity index (χ4v) is 2.69. The number of amides is 1. The molecule has 0 aliphatic carbocycles. The average molecular weight is 316 g/mol. The Morgan fingerprint density at radius 1 is 1.29 bits per heavy atom. The van der Waals surface area contributed by atoms with Gasteiger partial charge in [0, 0.05) is 13.1 Å². The highest BCUT2D eigenvalue weighted by molar-refractivity contribution is 7.88. The minimum atomic E-state index is -3.37. The van der Waals surface area contributed by atoms with Crippen molar-refractivity contribution in [3.63, 3.8) is 0 Å². The Balaban J connectivity index is 2.41. The fourth-order valence-electron chi connectivity index (χ4n) is 1.82. The molecule has 7 heteroatoms. The highest BCUT2D eigenvalue weighted by Crippen LogP contribution is 2.03. The molecule has 1 amide bonds. The Morgan fingerprint density at radius 3 is 2.43 bits per heavy atom. The highest BCUT2D eigenvalue weighted by Gasteiger charge is 2.18. The zero-order valence-corrected chi connectivity index (χ0v) is 13.1. The van der Waals surface area contributed by atoms with Crippen LogP contribution in [0.5, 0.6) is 0 Å². The second-order valence-corrected chi connectivity index (χ2v) is 6.81. The maximum atomic E-state index is 12.7. The van der Waals surface area contributed by atoms with Gasteiger partial charge in [-0.3, -0.25) is 4.79 Å². The van der Waals surface area contributed by atoms with E-state index in [9.17, 15) is 17.6 Å². The van der Waals surface area contributed by atoms with Gasteiger partial charge >= 0.3 is 0 Å². The van der Waals surface area contributed by atoms with Crippen LogP contribution in [0.4, 0.5) is 4.39 Å². The quantitative estimate of drug-likeness (QED) is 0.782. The third kappa shape index (κ3) is 6.68. The van der Waals surface area contributed by atoms with E-state index in [0.29, 0.717) is 25.9 Å². The van der Waals surface area contributed by atoms with Crippen molar-refractivity contribution in [1.82, 2.24) is 9.62 Å². The smallest absolute Gasteiger partial charge is 0.235 e. The molecule has 0 atom stereocenters. The molecule has 0 saturated carbocycles. The van der Waals surface area contributed by atoms with Crippen LogP contribution in [0, 0.1) is 5.82 Å². The van der Waals surface area contributed by atoms with Crippen LogP contribution in [-0.4, -0.2) is 44.5 Å². The second-order valence-electron chi connectivity index (χ2n) is 4.82. The van der Waals surface area contributed by atoms with Crippen LogP contribution in [0.2, 0.25) is 0 Å². The van der Waals surface area contributed by atoms with Gasteiger partial charge in [-0.1, -0.05) is 19.1 Å². The van der Waals surface area contributed by atoms with Gasteiger partial charge in [0.05, 0.1) is 12.8 Å². The molecular formula is C14H21FN2O3S. The third-order valence-electron chi connectivity index (χ3n) is 2.91. The molecule has 0 aliphatic heterocycles. The van der Waals surface area contributed by atoms with E-state index in [2.05, 4.69) is 5.32 Å². The summed E-state index contributed by atoms with van der Waals surface area (Å²) in [7, 11) is -3.37. The van der Waals surface area contributed by atoms with Crippen LogP contribution in [0.1, 0.15) is 18.9 Å². The van der Waals surface area contributed by atoms with E-state index in [0.717, 1.165) is 16.1 Å². The van der Waals surface area contributed by atoms with Crippen molar-refractivity contribution in [2.45, 2.75) is 19.8 Å². The van der Waals surface area contributed by atoms with E-state index in [1.54, 1.807) is 12.1 Å². The monoisotopic (exact) mass is 316 g/mol. The lowest BCUT2D eigenvalue weighted by Crippen LogP contribution is -2.41. The van der Waals surface area contributed by atoms with E-state index >= 15 is 0 Å². The summed E-state index contributed by atoms with van der Waals surface area (Å²) in [5.41, 5.74) is 0.908. The van der Waals surface area contributed by atoms with Gasteiger partial charge in [-0.05, 0) is 30.5 Å². The number of nitrogens with one attached hydrogen (secondary N) is 1. The third-order valence-corrected chi connectivity index (χ3v) is 4.16. The summed E-state index contributed by atoms with van der Waals surface area (Å²) < 4.78 is 36.9. The fraction of sp³-hybridized carbons (Fsp3) is 0.500. The SMILES string of the molecule is CCCN(CC(=O)NCCc1ccc(F)cc1)S(C)(=O)=O. The van der Waals surface area contributed by atoms with Crippen LogP contribution in [0.3, 0.4) is 0 Å². The molecule has 0 aromatic heterocycles. The van der Waals surface area contributed by atoms with Crippen LogP contribution < -0.4 is 5.32 Å². The lowest BCUT2D eigenvalue weighted by atomic mass is 10.1. The predicted molar refractivity (Wildman–Crippen MR) is 79.8 cm³/mol. The number of halogens is 1. The van der Waals surface area contributed by atoms with Crippen molar-refractivity contribution in [2.24, 2.45) is 0 Å². The number of hydrogen-bond donors (Lipinski definition) is 1. The standard InChI is InChI=1S/C14H21FN2O3S/c1-3-10-17(21(2,19)20)11-14(18)16-9-8-12-4-6-13(15)7-5-12/h4-7H,3,8-11H2,1-2H3,(H,16,18). The number of rotatable bonds is 8. The molecule has 0 spiro atoms. The molecule has 1 rings (SSSR count). The molecule has 1 aromatic rings. The Bertz CT molecular complexity index is 558. The molecule has 0 fully saturated rings. The molecule has 5 nitrogen and oxygen atoms in total. The van der Waals surface area contributed by atoms with Crippen molar-refractivity contribution in [3.05, 3.63) is 35.6 Å². The van der Waals surface area contributed by atoms with E-state index in [1.807, 2.05) is 6.92 Å². The van der Waals surface area contributed by atoms with Gasteiger partial charge in [0.2, 0.25) is 15.9 Å². The lowest BCUT2D eigenvalue weighted by Gasteiger charge is -2.18. The summed E-state index contributed by atoms with van der Waals surface area (Å²) >= 11 is 0. The zero-order valence-electron chi connectivity index (χ0n) is 12.3. The van der Waals surface area contributed by atoms with Gasteiger partial charge in [0.1, 0.15) is 5.82 Å². The predicted octanol–water partition coefficient (Wildman–Crippen LogP) is 1.16. The summed E-state index contributed by atoms with van der Waals surface area (Å²) in [6, 6.07) is 6.04. The molecule has 0 unspecified atom stereocenters. The van der Waals surface area contributed by atoms with Crippen LogP contribution in [0.25, 0.3) is 0 Å². The molecule has 0 bridgehead atoms. The summed E-state index contributed by atoms with van der Waals surface area (Å²) in [5.74, 6) is -0.637. The number of carbonyl (C=O) groups is 1. The first-order chi connectivity index (χ1) is 9.82. The van der Waals surface area contributed by atoms with E-state index < -0.39 is 10.0 Å². The van der Waals surface area contributed by atoms with E-state index in [4.69, 9.17) is 0 Å². The van der Waals surface area contributed by atoms with Gasteiger partial charge < -0.3 is 5.32 Å². The van der Waals surface area contributed by atoms with Gasteiger partial charge in [-0.25, -0.2) is 12.8 Å². The Morgan fingerprint density at radius 2 is 1.90 bits per heavy atom. The summed E-state index contributed by atoms with van der Waals surface area (Å²) in [4.78, 5) is 11.7. The molecule has 21 heavy (non-hydrogen) atoms. The van der Waals surface area contributed by atoms with Crippen molar-refractivity contribution in [3.8, 4) is 0 Å². The summed E-state index contributed by atoms with van der Waals surface area (Å²) in [6.45, 7) is 2.39. The Kier molecular flexibility index (Phi) is 6.77. The number of carbonyl (C=O) groups excluding carboxylic acids is 1. The molecule has 1 N–H and O–H groups in total. The molecule has 0 aliphatic rings. The summed E-state index contributed by atoms with van der Waals surface area (Å²) in [5, 5.41) is 2.67.